The van der Waals surface area contributed by atoms with Gasteiger partial charge in [-0.3, -0.25) is 4.79 Å². The molecule has 28 heavy (non-hydrogen) atoms. The Hall–Kier alpha value is -2.86. The highest BCUT2D eigenvalue weighted by molar-refractivity contribution is 7.15. The van der Waals surface area contributed by atoms with Crippen molar-refractivity contribution in [3.63, 3.8) is 0 Å². The quantitative estimate of drug-likeness (QED) is 0.495. The fraction of sp³-hybridized carbons (Fsp3) is 0.273. The minimum absolute atomic E-state index is 0.0495. The summed E-state index contributed by atoms with van der Waals surface area (Å²) in [6.45, 7) is 6.61. The second-order valence-electron chi connectivity index (χ2n) is 6.61. The molecular weight excluding hydrogens is 372 g/mol. The van der Waals surface area contributed by atoms with Gasteiger partial charge in [0.1, 0.15) is 0 Å². The van der Waals surface area contributed by atoms with Crippen LogP contribution in [0.2, 0.25) is 0 Å². The molecule has 2 heterocycles. The van der Waals surface area contributed by atoms with E-state index in [-0.39, 0.29) is 11.7 Å². The fourth-order valence-electron chi connectivity index (χ4n) is 3.04. The van der Waals surface area contributed by atoms with Crippen molar-refractivity contribution in [1.29, 1.82) is 0 Å². The molecule has 0 aliphatic carbocycles. The summed E-state index contributed by atoms with van der Waals surface area (Å²) in [6, 6.07) is 13.4. The summed E-state index contributed by atoms with van der Waals surface area (Å²) in [7, 11) is 0. The summed E-state index contributed by atoms with van der Waals surface area (Å²) in [6.07, 6.45) is 2.91. The van der Waals surface area contributed by atoms with Crippen LogP contribution < -0.4 is 19.6 Å². The Bertz CT molecular complexity index is 1240. The Morgan fingerprint density at radius 3 is 2.79 bits per heavy atom. The molecule has 5 nitrogen and oxygen atoms in total. The molecule has 0 unspecified atom stereocenters. The molecule has 0 fully saturated rings. The van der Waals surface area contributed by atoms with Crippen LogP contribution in [0.5, 0.6) is 11.5 Å². The number of benzene rings is 2. The van der Waals surface area contributed by atoms with Gasteiger partial charge >= 0.3 is 0 Å². The second kappa shape index (κ2) is 7.64. The van der Waals surface area contributed by atoms with Gasteiger partial charge in [-0.2, -0.15) is 0 Å². The van der Waals surface area contributed by atoms with Crippen LogP contribution in [-0.2, 0) is 0 Å². The Kier molecular flexibility index (Phi) is 5.05. The lowest BCUT2D eigenvalue weighted by atomic mass is 10.2. The summed E-state index contributed by atoms with van der Waals surface area (Å²) < 4.78 is 14.0. The summed E-state index contributed by atoms with van der Waals surface area (Å²) in [5.74, 6) is 1.42. The molecule has 0 aliphatic rings. The van der Waals surface area contributed by atoms with Crippen molar-refractivity contribution in [3.05, 3.63) is 62.9 Å². The van der Waals surface area contributed by atoms with Crippen molar-refractivity contribution in [2.75, 3.05) is 6.61 Å². The molecule has 6 heteroatoms. The van der Waals surface area contributed by atoms with E-state index in [4.69, 9.17) is 9.47 Å². The molecule has 0 amide bonds. The van der Waals surface area contributed by atoms with Crippen molar-refractivity contribution in [2.24, 2.45) is 0 Å². The number of rotatable bonds is 6. The van der Waals surface area contributed by atoms with E-state index < -0.39 is 0 Å². The molecule has 0 N–H and O–H groups in total. The van der Waals surface area contributed by atoms with Gasteiger partial charge < -0.3 is 9.47 Å². The van der Waals surface area contributed by atoms with Crippen LogP contribution in [0.1, 0.15) is 32.8 Å². The van der Waals surface area contributed by atoms with Crippen molar-refractivity contribution in [2.45, 2.75) is 33.3 Å². The maximum Gasteiger partial charge on any atom is 0.274 e. The number of imidazole rings is 1. The first kappa shape index (κ1) is 18.5. The third-order valence-corrected chi connectivity index (χ3v) is 5.58. The van der Waals surface area contributed by atoms with Crippen LogP contribution in [0.15, 0.2) is 47.3 Å². The van der Waals surface area contributed by atoms with Crippen LogP contribution in [0.4, 0.5) is 0 Å². The maximum atomic E-state index is 12.9. The average Bonchev–Trinajstić information content (AvgIpc) is 3.20. The number of hydrogen-bond donors (Lipinski definition) is 0. The topological polar surface area (TPSA) is 52.8 Å². The minimum Gasteiger partial charge on any atom is -0.490 e. The van der Waals surface area contributed by atoms with E-state index in [0.717, 1.165) is 28.8 Å². The number of ether oxygens (including phenoxy) is 2. The van der Waals surface area contributed by atoms with Crippen LogP contribution >= 0.6 is 11.3 Å². The molecule has 2 aromatic carbocycles. The molecular formula is C22H22N2O3S. The first-order valence-corrected chi connectivity index (χ1v) is 10.3. The first-order chi connectivity index (χ1) is 13.6. The standard InChI is InChI=1S/C22H22N2O3S/c1-4-14(3)27-18-11-10-15(12-19(18)26-5-2)13-20-21(25)24-17-9-7-6-8-16(17)23-22(24)28-20/h6-14H,4-5H2,1-3H3/b20-13+/t14-/m0/s1. The smallest absolute Gasteiger partial charge is 0.274 e. The third-order valence-electron chi connectivity index (χ3n) is 4.61. The van der Waals surface area contributed by atoms with Crippen LogP contribution in [-0.4, -0.2) is 22.1 Å². The summed E-state index contributed by atoms with van der Waals surface area (Å²) in [5, 5.41) is 0. The van der Waals surface area contributed by atoms with Crippen LogP contribution in [0.25, 0.3) is 22.1 Å². The van der Waals surface area contributed by atoms with E-state index >= 15 is 0 Å². The van der Waals surface area contributed by atoms with Crippen molar-refractivity contribution < 1.29 is 9.47 Å². The SMILES string of the molecule is CCOc1cc(/C=c2/sc3nc4ccccc4n3c2=O)ccc1O[C@@H](C)CC. The number of thiazole rings is 1. The lowest BCUT2D eigenvalue weighted by Crippen LogP contribution is -2.22. The van der Waals surface area contributed by atoms with Gasteiger partial charge in [-0.1, -0.05) is 36.5 Å². The predicted molar refractivity (Wildman–Crippen MR) is 114 cm³/mol. The zero-order valence-corrected chi connectivity index (χ0v) is 17.0. The molecule has 0 bridgehead atoms. The maximum absolute atomic E-state index is 12.9. The highest BCUT2D eigenvalue weighted by atomic mass is 32.1. The summed E-state index contributed by atoms with van der Waals surface area (Å²) in [5.41, 5.74) is 2.52. The van der Waals surface area contributed by atoms with E-state index in [1.165, 1.54) is 11.3 Å². The molecule has 0 radical (unpaired) electrons. The zero-order chi connectivity index (χ0) is 19.7. The highest BCUT2D eigenvalue weighted by Crippen LogP contribution is 2.30. The van der Waals surface area contributed by atoms with Gasteiger partial charge in [0, 0.05) is 0 Å². The van der Waals surface area contributed by atoms with E-state index in [1.807, 2.05) is 62.4 Å². The van der Waals surface area contributed by atoms with E-state index in [0.29, 0.717) is 21.8 Å². The molecule has 1 atom stereocenters. The summed E-state index contributed by atoms with van der Waals surface area (Å²) in [4.78, 5) is 18.2. The van der Waals surface area contributed by atoms with Crippen LogP contribution in [0.3, 0.4) is 0 Å². The highest BCUT2D eigenvalue weighted by Gasteiger charge is 2.12. The fourth-order valence-corrected chi connectivity index (χ4v) is 4.03. The van der Waals surface area contributed by atoms with E-state index in [2.05, 4.69) is 11.9 Å². The lowest BCUT2D eigenvalue weighted by Gasteiger charge is -2.16. The number of para-hydroxylation sites is 2. The molecule has 4 rings (SSSR count). The lowest BCUT2D eigenvalue weighted by molar-refractivity contribution is 0.203. The monoisotopic (exact) mass is 394 g/mol. The number of aromatic nitrogens is 2. The van der Waals surface area contributed by atoms with Crippen molar-refractivity contribution in [3.8, 4) is 11.5 Å². The number of nitrogens with zero attached hydrogens (tertiary/aromatic N) is 2. The largest absolute Gasteiger partial charge is 0.490 e. The minimum atomic E-state index is -0.0495. The zero-order valence-electron chi connectivity index (χ0n) is 16.1. The Morgan fingerprint density at radius 2 is 2.00 bits per heavy atom. The van der Waals surface area contributed by atoms with Gasteiger partial charge in [-0.25, -0.2) is 9.38 Å². The Balaban J connectivity index is 1.79. The molecule has 0 spiro atoms. The Labute approximate surface area is 166 Å². The summed E-state index contributed by atoms with van der Waals surface area (Å²) >= 11 is 1.39. The van der Waals surface area contributed by atoms with Crippen molar-refractivity contribution >= 4 is 33.4 Å². The Morgan fingerprint density at radius 1 is 1.18 bits per heavy atom. The average molecular weight is 394 g/mol. The third kappa shape index (κ3) is 3.36. The van der Waals surface area contributed by atoms with Gasteiger partial charge in [-0.15, -0.1) is 0 Å². The van der Waals surface area contributed by atoms with Gasteiger partial charge in [0.15, 0.2) is 16.5 Å². The van der Waals surface area contributed by atoms with Gasteiger partial charge in [0.2, 0.25) is 0 Å². The molecule has 2 aromatic heterocycles. The normalized spacial score (nSPS) is 13.3. The molecule has 4 aromatic rings. The second-order valence-corrected chi connectivity index (χ2v) is 7.62. The first-order valence-electron chi connectivity index (χ1n) is 9.46. The molecule has 0 saturated carbocycles. The predicted octanol–water partition coefficient (Wildman–Crippen LogP) is 4.03. The van der Waals surface area contributed by atoms with Crippen LogP contribution in [0, 0.1) is 0 Å². The number of fused-ring (bicyclic) bond motifs is 3. The van der Waals surface area contributed by atoms with Crippen molar-refractivity contribution in [1.82, 2.24) is 9.38 Å². The van der Waals surface area contributed by atoms with Gasteiger partial charge in [-0.05, 0) is 56.2 Å². The molecule has 144 valence electrons. The van der Waals surface area contributed by atoms with E-state index in [1.54, 1.807) is 4.40 Å². The van der Waals surface area contributed by atoms with E-state index in [9.17, 15) is 4.79 Å². The molecule has 0 saturated heterocycles. The number of hydrogen-bond acceptors (Lipinski definition) is 5. The van der Waals surface area contributed by atoms with Gasteiger partial charge in [0.25, 0.3) is 5.56 Å². The molecule has 0 aliphatic heterocycles. The van der Waals surface area contributed by atoms with Gasteiger partial charge in [0.05, 0.1) is 28.3 Å².